The van der Waals surface area contributed by atoms with Crippen LogP contribution in [0.1, 0.15) is 13.8 Å². The molecule has 110 valence electrons. The second kappa shape index (κ2) is 5.14. The van der Waals surface area contributed by atoms with Gasteiger partial charge in [-0.3, -0.25) is 0 Å². The monoisotopic (exact) mass is 278 g/mol. The predicted molar refractivity (Wildman–Crippen MR) is 77.7 cm³/mol. The summed E-state index contributed by atoms with van der Waals surface area (Å²) in [5, 5.41) is 0. The van der Waals surface area contributed by atoms with Gasteiger partial charge in [-0.25, -0.2) is 0 Å². The molecule has 5 nitrogen and oxygen atoms in total. The van der Waals surface area contributed by atoms with Crippen LogP contribution in [0.15, 0.2) is 18.2 Å². The van der Waals surface area contributed by atoms with Gasteiger partial charge >= 0.3 is 0 Å². The molecule has 1 fully saturated rings. The van der Waals surface area contributed by atoms with E-state index in [0.717, 1.165) is 30.3 Å². The van der Waals surface area contributed by atoms with Crippen molar-refractivity contribution < 1.29 is 14.2 Å². The fourth-order valence-electron chi connectivity index (χ4n) is 2.84. The minimum absolute atomic E-state index is 0.0620. The maximum absolute atomic E-state index is 5.96. The van der Waals surface area contributed by atoms with Crippen LogP contribution in [0.2, 0.25) is 0 Å². The summed E-state index contributed by atoms with van der Waals surface area (Å²) in [6.45, 7) is 7.59. The van der Waals surface area contributed by atoms with Crippen LogP contribution in [0.4, 0.5) is 5.69 Å². The van der Waals surface area contributed by atoms with Crippen molar-refractivity contribution in [1.29, 1.82) is 0 Å². The highest BCUT2D eigenvalue weighted by atomic mass is 16.6. The van der Waals surface area contributed by atoms with E-state index in [2.05, 4.69) is 24.8 Å². The van der Waals surface area contributed by atoms with Crippen molar-refractivity contribution in [3.63, 3.8) is 0 Å². The number of anilines is 1. The maximum atomic E-state index is 5.96. The van der Waals surface area contributed by atoms with Crippen molar-refractivity contribution in [2.24, 2.45) is 5.73 Å². The van der Waals surface area contributed by atoms with Crippen molar-refractivity contribution in [3.05, 3.63) is 18.2 Å². The second-order valence-electron chi connectivity index (χ2n) is 5.94. The van der Waals surface area contributed by atoms with Gasteiger partial charge < -0.3 is 24.8 Å². The third kappa shape index (κ3) is 2.69. The highest BCUT2D eigenvalue weighted by molar-refractivity contribution is 5.57. The molecular weight excluding hydrogens is 256 g/mol. The molecule has 2 heterocycles. The first kappa shape index (κ1) is 13.5. The van der Waals surface area contributed by atoms with Crippen molar-refractivity contribution in [2.45, 2.75) is 25.6 Å². The number of rotatable bonds is 2. The fraction of sp³-hybridized carbons (Fsp3) is 0.600. The normalized spacial score (nSPS) is 24.6. The van der Waals surface area contributed by atoms with E-state index in [1.54, 1.807) is 0 Å². The Hall–Kier alpha value is -1.46. The first-order valence-electron chi connectivity index (χ1n) is 7.10. The molecule has 2 aliphatic rings. The quantitative estimate of drug-likeness (QED) is 0.886. The maximum Gasteiger partial charge on any atom is 0.163 e. The Balaban J connectivity index is 1.84. The molecule has 2 N–H and O–H groups in total. The Morgan fingerprint density at radius 3 is 2.75 bits per heavy atom. The number of fused-ring (bicyclic) bond motifs is 1. The van der Waals surface area contributed by atoms with Gasteiger partial charge in [0.05, 0.1) is 11.7 Å². The van der Waals surface area contributed by atoms with E-state index in [0.29, 0.717) is 19.8 Å². The zero-order chi connectivity index (χ0) is 14.2. The van der Waals surface area contributed by atoms with Crippen LogP contribution >= 0.6 is 0 Å². The first-order chi connectivity index (χ1) is 9.57. The summed E-state index contributed by atoms with van der Waals surface area (Å²) in [6.07, 6.45) is 0.0620. The molecule has 20 heavy (non-hydrogen) atoms. The topological polar surface area (TPSA) is 57.0 Å². The largest absolute Gasteiger partial charge is 0.486 e. The lowest BCUT2D eigenvalue weighted by Gasteiger charge is -2.43. The third-order valence-electron chi connectivity index (χ3n) is 3.64. The summed E-state index contributed by atoms with van der Waals surface area (Å²) in [5.41, 5.74) is 6.71. The van der Waals surface area contributed by atoms with Crippen molar-refractivity contribution in [1.82, 2.24) is 0 Å². The Morgan fingerprint density at radius 1 is 1.25 bits per heavy atom. The highest BCUT2D eigenvalue weighted by Crippen LogP contribution is 2.35. The standard InChI is InChI=1S/C15H22N2O3/c1-15(2)10-17(9-12(8-16)20-15)11-3-4-13-14(7-11)19-6-5-18-13/h3-4,7,12H,5-6,8-10,16H2,1-2H3. The van der Waals surface area contributed by atoms with Gasteiger partial charge in [-0.2, -0.15) is 0 Å². The minimum atomic E-state index is -0.199. The predicted octanol–water partition coefficient (Wildman–Crippen LogP) is 1.40. The molecule has 0 amide bonds. The number of nitrogens with zero attached hydrogens (tertiary/aromatic N) is 1. The Morgan fingerprint density at radius 2 is 2.00 bits per heavy atom. The van der Waals surface area contributed by atoms with E-state index < -0.39 is 0 Å². The number of morpholine rings is 1. The van der Waals surface area contributed by atoms with Crippen LogP contribution in [-0.2, 0) is 4.74 Å². The van der Waals surface area contributed by atoms with E-state index in [-0.39, 0.29) is 11.7 Å². The van der Waals surface area contributed by atoms with Crippen molar-refractivity contribution in [3.8, 4) is 11.5 Å². The number of hydrogen-bond donors (Lipinski definition) is 1. The zero-order valence-corrected chi connectivity index (χ0v) is 12.1. The third-order valence-corrected chi connectivity index (χ3v) is 3.64. The van der Waals surface area contributed by atoms with Crippen LogP contribution in [0.25, 0.3) is 0 Å². The first-order valence-corrected chi connectivity index (χ1v) is 7.10. The molecule has 0 saturated carbocycles. The van der Waals surface area contributed by atoms with E-state index in [1.165, 1.54) is 0 Å². The molecule has 0 spiro atoms. The smallest absolute Gasteiger partial charge is 0.163 e. The van der Waals surface area contributed by atoms with E-state index in [1.807, 2.05) is 12.1 Å². The molecule has 3 rings (SSSR count). The molecule has 1 aromatic rings. The van der Waals surface area contributed by atoms with Gasteiger partial charge in [-0.05, 0) is 26.0 Å². The van der Waals surface area contributed by atoms with Crippen LogP contribution in [0, 0.1) is 0 Å². The van der Waals surface area contributed by atoms with Crippen LogP contribution in [0.5, 0.6) is 11.5 Å². The molecule has 0 bridgehead atoms. The number of benzene rings is 1. The van der Waals surface area contributed by atoms with Gasteiger partial charge in [0, 0.05) is 31.4 Å². The summed E-state index contributed by atoms with van der Waals surface area (Å²) in [4.78, 5) is 2.30. The van der Waals surface area contributed by atoms with E-state index in [9.17, 15) is 0 Å². The number of nitrogens with two attached hydrogens (primary N) is 1. The molecule has 1 saturated heterocycles. The number of hydrogen-bond acceptors (Lipinski definition) is 5. The van der Waals surface area contributed by atoms with Crippen LogP contribution in [-0.4, -0.2) is 44.6 Å². The van der Waals surface area contributed by atoms with Crippen LogP contribution < -0.4 is 20.1 Å². The van der Waals surface area contributed by atoms with Gasteiger partial charge in [-0.1, -0.05) is 0 Å². The molecule has 0 aliphatic carbocycles. The molecule has 2 aliphatic heterocycles. The highest BCUT2D eigenvalue weighted by Gasteiger charge is 2.33. The SMILES string of the molecule is CC1(C)CN(c2ccc3c(c2)OCCO3)CC(CN)O1. The second-order valence-corrected chi connectivity index (χ2v) is 5.94. The van der Waals surface area contributed by atoms with Crippen molar-refractivity contribution >= 4 is 5.69 Å². The molecule has 1 unspecified atom stereocenters. The van der Waals surface area contributed by atoms with Gasteiger partial charge in [-0.15, -0.1) is 0 Å². The van der Waals surface area contributed by atoms with E-state index in [4.69, 9.17) is 19.9 Å². The summed E-state index contributed by atoms with van der Waals surface area (Å²) >= 11 is 0. The molecule has 5 heteroatoms. The summed E-state index contributed by atoms with van der Waals surface area (Å²) in [7, 11) is 0. The lowest BCUT2D eigenvalue weighted by Crippen LogP contribution is -2.54. The molecule has 1 aromatic carbocycles. The zero-order valence-electron chi connectivity index (χ0n) is 12.1. The average molecular weight is 278 g/mol. The molecular formula is C15H22N2O3. The lowest BCUT2D eigenvalue weighted by molar-refractivity contribution is -0.0788. The van der Waals surface area contributed by atoms with Crippen molar-refractivity contribution in [2.75, 3.05) is 37.7 Å². The van der Waals surface area contributed by atoms with Gasteiger partial charge in [0.15, 0.2) is 11.5 Å². The Kier molecular flexibility index (Phi) is 3.48. The molecule has 0 radical (unpaired) electrons. The Labute approximate surface area is 119 Å². The van der Waals surface area contributed by atoms with Crippen LogP contribution in [0.3, 0.4) is 0 Å². The average Bonchev–Trinajstić information content (AvgIpc) is 2.45. The Bertz CT molecular complexity index is 490. The van der Waals surface area contributed by atoms with Gasteiger partial charge in [0.1, 0.15) is 13.2 Å². The summed E-state index contributed by atoms with van der Waals surface area (Å²) in [6, 6.07) is 6.09. The van der Waals surface area contributed by atoms with Gasteiger partial charge in [0.2, 0.25) is 0 Å². The summed E-state index contributed by atoms with van der Waals surface area (Å²) < 4.78 is 17.2. The van der Waals surface area contributed by atoms with E-state index >= 15 is 0 Å². The summed E-state index contributed by atoms with van der Waals surface area (Å²) in [5.74, 6) is 1.64. The number of ether oxygens (including phenoxy) is 3. The molecule has 0 aromatic heterocycles. The lowest BCUT2D eigenvalue weighted by atomic mass is 10.0. The molecule has 1 atom stereocenters. The van der Waals surface area contributed by atoms with Gasteiger partial charge in [0.25, 0.3) is 0 Å². The fourth-order valence-corrected chi connectivity index (χ4v) is 2.84. The minimum Gasteiger partial charge on any atom is -0.486 e.